The largest absolute Gasteiger partial charge is 0.310 e. The molecule has 0 bridgehead atoms. The Morgan fingerprint density at radius 2 is 2.13 bits per heavy atom. The summed E-state index contributed by atoms with van der Waals surface area (Å²) >= 11 is 0. The molecule has 1 heterocycles. The van der Waals surface area contributed by atoms with Gasteiger partial charge in [-0.05, 0) is 18.9 Å². The number of hydrogen-bond donors (Lipinski definition) is 2. The molecule has 5 heteroatoms. The van der Waals surface area contributed by atoms with Gasteiger partial charge in [-0.2, -0.15) is 5.21 Å². The Bertz CT molecular complexity index is 253. The normalized spacial score (nSPS) is 18.1. The van der Waals surface area contributed by atoms with Crippen molar-refractivity contribution in [2.45, 2.75) is 45.1 Å². The Balaban J connectivity index is 1.54. The van der Waals surface area contributed by atoms with Gasteiger partial charge in [-0.15, -0.1) is 10.2 Å². The van der Waals surface area contributed by atoms with Crippen LogP contribution in [0.4, 0.5) is 0 Å². The Kier molecular flexibility index (Phi) is 4.08. The van der Waals surface area contributed by atoms with Crippen molar-refractivity contribution in [2.24, 2.45) is 5.92 Å². The van der Waals surface area contributed by atoms with Crippen LogP contribution in [0.25, 0.3) is 0 Å². The standard InChI is InChI=1S/C10H19N5/c1-2-4-9(5-3-1)6-7-11-8-10-12-14-15-13-10/h9,11H,1-8H2,(H,12,13,14,15). The zero-order chi connectivity index (χ0) is 10.3. The lowest BCUT2D eigenvalue weighted by Crippen LogP contribution is -2.19. The van der Waals surface area contributed by atoms with Crippen LogP contribution in [-0.2, 0) is 6.54 Å². The van der Waals surface area contributed by atoms with Gasteiger partial charge >= 0.3 is 0 Å². The Morgan fingerprint density at radius 3 is 2.87 bits per heavy atom. The average molecular weight is 209 g/mol. The van der Waals surface area contributed by atoms with Gasteiger partial charge in [0.2, 0.25) is 0 Å². The highest BCUT2D eigenvalue weighted by Gasteiger charge is 2.12. The molecule has 2 rings (SSSR count). The SMILES string of the molecule is C1CCC(CCNCc2nn[nH]n2)CC1. The summed E-state index contributed by atoms with van der Waals surface area (Å²) in [5, 5.41) is 17.1. The summed E-state index contributed by atoms with van der Waals surface area (Å²) in [6, 6.07) is 0. The van der Waals surface area contributed by atoms with Crippen LogP contribution in [0.5, 0.6) is 0 Å². The summed E-state index contributed by atoms with van der Waals surface area (Å²) in [6.45, 7) is 1.79. The predicted octanol–water partition coefficient (Wildman–Crippen LogP) is 1.26. The molecule has 0 unspecified atom stereocenters. The Morgan fingerprint density at radius 1 is 1.27 bits per heavy atom. The maximum absolute atomic E-state index is 3.89. The summed E-state index contributed by atoms with van der Waals surface area (Å²) in [6.07, 6.45) is 8.42. The zero-order valence-electron chi connectivity index (χ0n) is 9.08. The minimum absolute atomic E-state index is 0.725. The van der Waals surface area contributed by atoms with E-state index in [-0.39, 0.29) is 0 Å². The van der Waals surface area contributed by atoms with E-state index in [1.807, 2.05) is 0 Å². The van der Waals surface area contributed by atoms with Crippen molar-refractivity contribution in [3.05, 3.63) is 5.82 Å². The second-order valence-corrected chi connectivity index (χ2v) is 4.30. The van der Waals surface area contributed by atoms with Crippen molar-refractivity contribution in [1.82, 2.24) is 25.9 Å². The molecule has 0 aliphatic heterocycles. The first-order chi connectivity index (χ1) is 7.45. The summed E-state index contributed by atoms with van der Waals surface area (Å²) in [4.78, 5) is 0. The third-order valence-electron chi connectivity index (χ3n) is 3.13. The smallest absolute Gasteiger partial charge is 0.188 e. The van der Waals surface area contributed by atoms with Gasteiger partial charge in [-0.1, -0.05) is 37.3 Å². The second-order valence-electron chi connectivity index (χ2n) is 4.30. The van der Waals surface area contributed by atoms with Gasteiger partial charge in [0, 0.05) is 0 Å². The molecule has 1 saturated carbocycles. The molecule has 0 saturated heterocycles. The van der Waals surface area contributed by atoms with Crippen molar-refractivity contribution < 1.29 is 0 Å². The van der Waals surface area contributed by atoms with Crippen LogP contribution in [0.3, 0.4) is 0 Å². The minimum atomic E-state index is 0.725. The van der Waals surface area contributed by atoms with E-state index in [9.17, 15) is 0 Å². The molecule has 2 N–H and O–H groups in total. The number of tetrazole rings is 1. The molecule has 1 aromatic heterocycles. The van der Waals surface area contributed by atoms with Gasteiger partial charge in [0.1, 0.15) is 0 Å². The average Bonchev–Trinajstić information content (AvgIpc) is 2.79. The molecule has 84 valence electrons. The highest BCUT2D eigenvalue weighted by atomic mass is 15.5. The molecular formula is C10H19N5. The van der Waals surface area contributed by atoms with E-state index in [1.54, 1.807) is 0 Å². The monoisotopic (exact) mass is 209 g/mol. The first kappa shape index (κ1) is 10.5. The fraction of sp³-hybridized carbons (Fsp3) is 0.900. The first-order valence-electron chi connectivity index (χ1n) is 5.88. The van der Waals surface area contributed by atoms with Gasteiger partial charge in [0.05, 0.1) is 6.54 Å². The molecular weight excluding hydrogens is 190 g/mol. The van der Waals surface area contributed by atoms with Crippen molar-refractivity contribution in [3.8, 4) is 0 Å². The third-order valence-corrected chi connectivity index (χ3v) is 3.13. The fourth-order valence-corrected chi connectivity index (χ4v) is 2.24. The molecule has 15 heavy (non-hydrogen) atoms. The van der Waals surface area contributed by atoms with E-state index in [1.165, 1.54) is 38.5 Å². The van der Waals surface area contributed by atoms with Gasteiger partial charge in [0.15, 0.2) is 5.82 Å². The van der Waals surface area contributed by atoms with E-state index in [4.69, 9.17) is 0 Å². The van der Waals surface area contributed by atoms with Crippen LogP contribution in [0, 0.1) is 5.92 Å². The molecule has 1 aromatic rings. The molecule has 1 aliphatic rings. The molecule has 0 aromatic carbocycles. The molecule has 0 spiro atoms. The number of aromatic amines is 1. The van der Waals surface area contributed by atoms with Crippen LogP contribution in [-0.4, -0.2) is 27.2 Å². The number of nitrogens with one attached hydrogen (secondary N) is 2. The number of nitrogens with zero attached hydrogens (tertiary/aromatic N) is 3. The van der Waals surface area contributed by atoms with Crippen LogP contribution < -0.4 is 5.32 Å². The summed E-state index contributed by atoms with van der Waals surface area (Å²) in [7, 11) is 0. The lowest BCUT2D eigenvalue weighted by molar-refractivity contribution is 0.333. The minimum Gasteiger partial charge on any atom is -0.310 e. The van der Waals surface area contributed by atoms with Crippen molar-refractivity contribution in [2.75, 3.05) is 6.54 Å². The summed E-state index contributed by atoms with van der Waals surface area (Å²) in [5.41, 5.74) is 0. The van der Waals surface area contributed by atoms with E-state index in [0.717, 1.165) is 24.8 Å². The van der Waals surface area contributed by atoms with Gasteiger partial charge < -0.3 is 5.32 Å². The molecule has 0 atom stereocenters. The zero-order valence-corrected chi connectivity index (χ0v) is 9.08. The highest BCUT2D eigenvalue weighted by molar-refractivity contribution is 4.74. The van der Waals surface area contributed by atoms with Crippen LogP contribution in [0.1, 0.15) is 44.3 Å². The summed E-state index contributed by atoms with van der Waals surface area (Å²) in [5.74, 6) is 1.69. The Hall–Kier alpha value is -0.970. The fourth-order valence-electron chi connectivity index (χ4n) is 2.24. The predicted molar refractivity (Wildman–Crippen MR) is 57.1 cm³/mol. The van der Waals surface area contributed by atoms with E-state index >= 15 is 0 Å². The second kappa shape index (κ2) is 5.80. The van der Waals surface area contributed by atoms with Crippen LogP contribution in [0.2, 0.25) is 0 Å². The Labute approximate surface area is 90.0 Å². The van der Waals surface area contributed by atoms with Crippen molar-refractivity contribution in [1.29, 1.82) is 0 Å². The van der Waals surface area contributed by atoms with Crippen molar-refractivity contribution in [3.63, 3.8) is 0 Å². The van der Waals surface area contributed by atoms with E-state index < -0.39 is 0 Å². The molecule has 1 aliphatic carbocycles. The molecule has 1 fully saturated rings. The van der Waals surface area contributed by atoms with Crippen LogP contribution >= 0.6 is 0 Å². The van der Waals surface area contributed by atoms with Gasteiger partial charge in [-0.3, -0.25) is 0 Å². The quantitative estimate of drug-likeness (QED) is 0.716. The topological polar surface area (TPSA) is 66.5 Å². The number of aromatic nitrogens is 4. The summed E-state index contributed by atoms with van der Waals surface area (Å²) < 4.78 is 0. The van der Waals surface area contributed by atoms with E-state index in [2.05, 4.69) is 25.9 Å². The van der Waals surface area contributed by atoms with Gasteiger partial charge in [-0.25, -0.2) is 0 Å². The van der Waals surface area contributed by atoms with Crippen molar-refractivity contribution >= 4 is 0 Å². The highest BCUT2D eigenvalue weighted by Crippen LogP contribution is 2.25. The van der Waals surface area contributed by atoms with Crippen LogP contribution in [0.15, 0.2) is 0 Å². The lowest BCUT2D eigenvalue weighted by Gasteiger charge is -2.21. The maximum atomic E-state index is 3.89. The lowest BCUT2D eigenvalue weighted by atomic mass is 9.87. The van der Waals surface area contributed by atoms with Gasteiger partial charge in [0.25, 0.3) is 0 Å². The molecule has 5 nitrogen and oxygen atoms in total. The maximum Gasteiger partial charge on any atom is 0.188 e. The molecule has 0 amide bonds. The number of hydrogen-bond acceptors (Lipinski definition) is 4. The van der Waals surface area contributed by atoms with E-state index in [0.29, 0.717) is 0 Å². The molecule has 0 radical (unpaired) electrons. The number of rotatable bonds is 5. The number of H-pyrrole nitrogens is 1. The first-order valence-corrected chi connectivity index (χ1v) is 5.88. The third kappa shape index (κ3) is 3.58.